The molecule has 0 saturated carbocycles. The maximum atomic E-state index is 5.67. The van der Waals surface area contributed by atoms with E-state index in [1.165, 1.54) is 18.4 Å². The maximum absolute atomic E-state index is 5.67. The maximum Gasteiger partial charge on any atom is 0.123 e. The molecular weight excluding hydrogens is 224 g/mol. The zero-order valence-corrected chi connectivity index (χ0v) is 12.1. The lowest BCUT2D eigenvalue weighted by Crippen LogP contribution is -2.28. The average molecular weight is 250 g/mol. The minimum absolute atomic E-state index is 0.519. The van der Waals surface area contributed by atoms with Crippen LogP contribution < -0.4 is 10.5 Å². The Morgan fingerprint density at radius 2 is 2.11 bits per heavy atom. The molecule has 1 unspecified atom stereocenters. The van der Waals surface area contributed by atoms with Crippen LogP contribution in [-0.4, -0.2) is 25.1 Å². The Morgan fingerprint density at radius 3 is 2.67 bits per heavy atom. The molecular formula is C15H26N2O. The van der Waals surface area contributed by atoms with Gasteiger partial charge in [-0.15, -0.1) is 0 Å². The second kappa shape index (κ2) is 7.39. The van der Waals surface area contributed by atoms with Crippen LogP contribution in [0.3, 0.4) is 0 Å². The lowest BCUT2D eigenvalue weighted by molar-refractivity contribution is 0.236. The molecule has 3 heteroatoms. The van der Waals surface area contributed by atoms with Gasteiger partial charge in [0.25, 0.3) is 0 Å². The number of nitrogens with zero attached hydrogens (tertiary/aromatic N) is 1. The van der Waals surface area contributed by atoms with Crippen molar-refractivity contribution in [1.82, 2.24) is 4.90 Å². The van der Waals surface area contributed by atoms with E-state index < -0.39 is 0 Å². The fourth-order valence-corrected chi connectivity index (χ4v) is 2.14. The van der Waals surface area contributed by atoms with Crippen LogP contribution in [0.5, 0.6) is 5.75 Å². The number of hydrogen-bond acceptors (Lipinski definition) is 3. The normalized spacial score (nSPS) is 12.8. The van der Waals surface area contributed by atoms with Crippen molar-refractivity contribution in [1.29, 1.82) is 0 Å². The monoisotopic (exact) mass is 250 g/mol. The summed E-state index contributed by atoms with van der Waals surface area (Å²) in [6, 6.07) is 6.90. The largest absolute Gasteiger partial charge is 0.496 e. The van der Waals surface area contributed by atoms with Crippen molar-refractivity contribution in [2.75, 3.05) is 14.2 Å². The van der Waals surface area contributed by atoms with Crippen molar-refractivity contribution in [3.05, 3.63) is 29.3 Å². The molecule has 102 valence electrons. The van der Waals surface area contributed by atoms with Gasteiger partial charge in [-0.2, -0.15) is 0 Å². The van der Waals surface area contributed by atoms with Crippen molar-refractivity contribution < 1.29 is 4.74 Å². The molecule has 0 radical (unpaired) electrons. The molecule has 0 heterocycles. The van der Waals surface area contributed by atoms with Crippen molar-refractivity contribution in [2.24, 2.45) is 5.73 Å². The van der Waals surface area contributed by atoms with Crippen LogP contribution in [0, 0.1) is 0 Å². The molecule has 1 aromatic carbocycles. The van der Waals surface area contributed by atoms with Crippen molar-refractivity contribution in [2.45, 2.75) is 45.8 Å². The Morgan fingerprint density at radius 1 is 1.39 bits per heavy atom. The third-order valence-corrected chi connectivity index (χ3v) is 3.46. The summed E-state index contributed by atoms with van der Waals surface area (Å²) in [5, 5.41) is 0. The minimum atomic E-state index is 0.519. The van der Waals surface area contributed by atoms with E-state index in [0.717, 1.165) is 17.9 Å². The van der Waals surface area contributed by atoms with Gasteiger partial charge >= 0.3 is 0 Å². The highest BCUT2D eigenvalue weighted by molar-refractivity contribution is 5.37. The van der Waals surface area contributed by atoms with Gasteiger partial charge in [0, 0.05) is 24.7 Å². The Bertz CT molecular complexity index is 366. The van der Waals surface area contributed by atoms with E-state index in [-0.39, 0.29) is 0 Å². The molecule has 1 rings (SSSR count). The molecule has 1 atom stereocenters. The van der Waals surface area contributed by atoms with Crippen molar-refractivity contribution in [3.63, 3.8) is 0 Å². The number of hydrogen-bond donors (Lipinski definition) is 1. The van der Waals surface area contributed by atoms with Gasteiger partial charge in [0.05, 0.1) is 7.11 Å². The average Bonchev–Trinajstić information content (AvgIpc) is 2.38. The summed E-state index contributed by atoms with van der Waals surface area (Å²) < 4.78 is 5.37. The standard InChI is InChI=1S/C15H26N2O/c1-5-6-12(2)17(3)11-13-7-8-14(10-16)15(9-13)18-4/h7-9,12H,5-6,10-11,16H2,1-4H3. The summed E-state index contributed by atoms with van der Waals surface area (Å²) in [5.74, 6) is 0.895. The quantitative estimate of drug-likeness (QED) is 0.808. The summed E-state index contributed by atoms with van der Waals surface area (Å²) in [5.41, 5.74) is 8.01. The van der Waals surface area contributed by atoms with Crippen LogP contribution in [0.4, 0.5) is 0 Å². The number of nitrogens with two attached hydrogens (primary N) is 1. The summed E-state index contributed by atoms with van der Waals surface area (Å²) in [4.78, 5) is 2.38. The Labute approximate surface area is 111 Å². The molecule has 0 aromatic heterocycles. The first-order valence-electron chi connectivity index (χ1n) is 6.68. The number of methoxy groups -OCH3 is 1. The topological polar surface area (TPSA) is 38.5 Å². The number of ether oxygens (including phenoxy) is 1. The zero-order valence-electron chi connectivity index (χ0n) is 12.1. The molecule has 0 amide bonds. The van der Waals surface area contributed by atoms with Gasteiger partial charge in [-0.3, -0.25) is 4.90 Å². The van der Waals surface area contributed by atoms with Crippen LogP contribution in [0.2, 0.25) is 0 Å². The predicted molar refractivity (Wildman–Crippen MR) is 76.7 cm³/mol. The number of benzene rings is 1. The summed E-state index contributed by atoms with van der Waals surface area (Å²) in [6.07, 6.45) is 2.45. The second-order valence-corrected chi connectivity index (χ2v) is 4.90. The van der Waals surface area contributed by atoms with E-state index in [2.05, 4.69) is 44.0 Å². The molecule has 0 aliphatic heterocycles. The SMILES string of the molecule is CCCC(C)N(C)Cc1ccc(CN)c(OC)c1. The summed E-state index contributed by atoms with van der Waals surface area (Å²) in [6.45, 7) is 5.96. The van der Waals surface area contributed by atoms with Gasteiger partial charge in [-0.05, 0) is 32.0 Å². The third kappa shape index (κ3) is 4.00. The van der Waals surface area contributed by atoms with E-state index in [0.29, 0.717) is 12.6 Å². The van der Waals surface area contributed by atoms with Gasteiger partial charge in [0.2, 0.25) is 0 Å². The smallest absolute Gasteiger partial charge is 0.123 e. The molecule has 0 fully saturated rings. The zero-order chi connectivity index (χ0) is 13.5. The molecule has 0 saturated heterocycles. The van der Waals surface area contributed by atoms with Gasteiger partial charge in [0.15, 0.2) is 0 Å². The van der Waals surface area contributed by atoms with Crippen molar-refractivity contribution >= 4 is 0 Å². The minimum Gasteiger partial charge on any atom is -0.496 e. The fraction of sp³-hybridized carbons (Fsp3) is 0.600. The first kappa shape index (κ1) is 15.0. The predicted octanol–water partition coefficient (Wildman–Crippen LogP) is 2.77. The molecule has 0 spiro atoms. The van der Waals surface area contributed by atoms with Crippen LogP contribution in [0.15, 0.2) is 18.2 Å². The van der Waals surface area contributed by atoms with Gasteiger partial charge in [0.1, 0.15) is 5.75 Å². The van der Waals surface area contributed by atoms with Crippen LogP contribution in [-0.2, 0) is 13.1 Å². The van der Waals surface area contributed by atoms with Gasteiger partial charge < -0.3 is 10.5 Å². The van der Waals surface area contributed by atoms with Gasteiger partial charge in [-0.1, -0.05) is 25.5 Å². The van der Waals surface area contributed by atoms with Crippen LogP contribution >= 0.6 is 0 Å². The van der Waals surface area contributed by atoms with E-state index in [1.54, 1.807) is 7.11 Å². The lowest BCUT2D eigenvalue weighted by atomic mass is 10.1. The third-order valence-electron chi connectivity index (χ3n) is 3.46. The number of rotatable bonds is 7. The Kier molecular flexibility index (Phi) is 6.16. The molecule has 2 N–H and O–H groups in total. The van der Waals surface area contributed by atoms with E-state index in [1.807, 2.05) is 0 Å². The van der Waals surface area contributed by atoms with Crippen LogP contribution in [0.25, 0.3) is 0 Å². The van der Waals surface area contributed by atoms with Crippen LogP contribution in [0.1, 0.15) is 37.8 Å². The summed E-state index contributed by atoms with van der Waals surface area (Å²) >= 11 is 0. The first-order chi connectivity index (χ1) is 8.62. The second-order valence-electron chi connectivity index (χ2n) is 4.90. The molecule has 18 heavy (non-hydrogen) atoms. The van der Waals surface area contributed by atoms with Gasteiger partial charge in [-0.25, -0.2) is 0 Å². The van der Waals surface area contributed by atoms with E-state index >= 15 is 0 Å². The van der Waals surface area contributed by atoms with Crippen molar-refractivity contribution in [3.8, 4) is 5.75 Å². The first-order valence-corrected chi connectivity index (χ1v) is 6.68. The molecule has 0 aliphatic carbocycles. The highest BCUT2D eigenvalue weighted by Crippen LogP contribution is 2.21. The van der Waals surface area contributed by atoms with E-state index in [9.17, 15) is 0 Å². The highest BCUT2D eigenvalue weighted by atomic mass is 16.5. The summed E-state index contributed by atoms with van der Waals surface area (Å²) in [7, 11) is 3.87. The van der Waals surface area contributed by atoms with E-state index in [4.69, 9.17) is 10.5 Å². The highest BCUT2D eigenvalue weighted by Gasteiger charge is 2.10. The molecule has 1 aromatic rings. The molecule has 0 aliphatic rings. The fourth-order valence-electron chi connectivity index (χ4n) is 2.14. The Balaban J connectivity index is 2.72. The Hall–Kier alpha value is -1.06. The molecule has 3 nitrogen and oxygen atoms in total. The molecule has 0 bridgehead atoms. The lowest BCUT2D eigenvalue weighted by Gasteiger charge is -2.24.